The van der Waals surface area contributed by atoms with E-state index in [2.05, 4.69) is 11.8 Å². The Balaban J connectivity index is 3.24. The number of hydrogen-bond acceptors (Lipinski definition) is 4. The van der Waals surface area contributed by atoms with E-state index in [-0.39, 0.29) is 6.61 Å². The van der Waals surface area contributed by atoms with Gasteiger partial charge in [-0.15, -0.1) is 0 Å². The fraction of sp³-hybridized carbons (Fsp3) is 1.00. The number of hydrogen-bond donors (Lipinski definition) is 2. The maximum absolute atomic E-state index is 8.43. The van der Waals surface area contributed by atoms with Gasteiger partial charge >= 0.3 is 0 Å². The van der Waals surface area contributed by atoms with E-state index in [1.54, 1.807) is 0 Å². The van der Waals surface area contributed by atoms with Crippen LogP contribution in [0.5, 0.6) is 0 Å². The first-order valence-corrected chi connectivity index (χ1v) is 4.31. The average molecular weight is 176 g/mol. The summed E-state index contributed by atoms with van der Waals surface area (Å²) < 4.78 is 5.12. The molecule has 74 valence electrons. The van der Waals surface area contributed by atoms with Crippen LogP contribution in [0.2, 0.25) is 0 Å². The van der Waals surface area contributed by atoms with Crippen molar-refractivity contribution >= 4 is 0 Å². The second-order valence-electron chi connectivity index (χ2n) is 2.90. The van der Waals surface area contributed by atoms with Crippen molar-refractivity contribution in [3.63, 3.8) is 0 Å². The summed E-state index contributed by atoms with van der Waals surface area (Å²) in [5, 5.41) is 8.43. The Morgan fingerprint density at radius 3 is 2.67 bits per heavy atom. The average Bonchev–Trinajstić information content (AvgIpc) is 2.10. The summed E-state index contributed by atoms with van der Waals surface area (Å²) in [5.41, 5.74) is 5.48. The number of ether oxygens (including phenoxy) is 1. The van der Waals surface area contributed by atoms with Crippen LogP contribution in [0.1, 0.15) is 6.92 Å². The molecule has 0 radical (unpaired) electrons. The molecule has 0 aromatic heterocycles. The Morgan fingerprint density at radius 2 is 2.17 bits per heavy atom. The molecule has 1 atom stereocenters. The van der Waals surface area contributed by atoms with Crippen LogP contribution in [0.15, 0.2) is 0 Å². The maximum atomic E-state index is 8.43. The Bertz CT molecular complexity index is 101. The monoisotopic (exact) mass is 176 g/mol. The Labute approximate surface area is 74.3 Å². The summed E-state index contributed by atoms with van der Waals surface area (Å²) in [7, 11) is 2.01. The van der Waals surface area contributed by atoms with Crippen LogP contribution in [-0.2, 0) is 4.74 Å². The third-order valence-electron chi connectivity index (χ3n) is 1.92. The van der Waals surface area contributed by atoms with Crippen molar-refractivity contribution < 1.29 is 9.84 Å². The van der Waals surface area contributed by atoms with Crippen molar-refractivity contribution in [2.24, 2.45) is 5.73 Å². The maximum Gasteiger partial charge on any atom is 0.0698 e. The molecule has 0 aliphatic heterocycles. The number of nitrogens with two attached hydrogens (primary N) is 1. The van der Waals surface area contributed by atoms with Gasteiger partial charge in [-0.05, 0) is 14.0 Å². The lowest BCUT2D eigenvalue weighted by atomic mass is 10.3. The van der Waals surface area contributed by atoms with Crippen molar-refractivity contribution in [3.8, 4) is 0 Å². The fourth-order valence-electron chi connectivity index (χ4n) is 0.775. The smallest absolute Gasteiger partial charge is 0.0698 e. The van der Waals surface area contributed by atoms with Crippen LogP contribution in [-0.4, -0.2) is 56.0 Å². The van der Waals surface area contributed by atoms with Gasteiger partial charge in [0.2, 0.25) is 0 Å². The van der Waals surface area contributed by atoms with Gasteiger partial charge in [0.1, 0.15) is 0 Å². The van der Waals surface area contributed by atoms with E-state index >= 15 is 0 Å². The minimum Gasteiger partial charge on any atom is -0.394 e. The van der Waals surface area contributed by atoms with Crippen LogP contribution in [0.3, 0.4) is 0 Å². The number of rotatable bonds is 7. The third-order valence-corrected chi connectivity index (χ3v) is 1.92. The van der Waals surface area contributed by atoms with Crippen LogP contribution >= 0.6 is 0 Å². The molecule has 0 aromatic carbocycles. The quantitative estimate of drug-likeness (QED) is 0.502. The lowest BCUT2D eigenvalue weighted by Crippen LogP contribution is -2.37. The molecule has 0 spiro atoms. The van der Waals surface area contributed by atoms with E-state index in [1.807, 2.05) is 7.05 Å². The van der Waals surface area contributed by atoms with Gasteiger partial charge < -0.3 is 20.5 Å². The predicted octanol–water partition coefficient (Wildman–Crippen LogP) is -0.726. The summed E-state index contributed by atoms with van der Waals surface area (Å²) in [6.45, 7) is 4.77. The van der Waals surface area contributed by atoms with E-state index in [9.17, 15) is 0 Å². The first kappa shape index (κ1) is 11.8. The highest BCUT2D eigenvalue weighted by molar-refractivity contribution is 4.62. The highest BCUT2D eigenvalue weighted by Crippen LogP contribution is 1.91. The van der Waals surface area contributed by atoms with Crippen molar-refractivity contribution in [3.05, 3.63) is 0 Å². The lowest BCUT2D eigenvalue weighted by molar-refractivity contribution is 0.0726. The van der Waals surface area contributed by atoms with Crippen molar-refractivity contribution in [2.45, 2.75) is 13.0 Å². The second kappa shape index (κ2) is 7.49. The van der Waals surface area contributed by atoms with E-state index in [0.29, 0.717) is 25.8 Å². The van der Waals surface area contributed by atoms with Gasteiger partial charge in [0, 0.05) is 19.1 Å². The van der Waals surface area contributed by atoms with Gasteiger partial charge in [0.15, 0.2) is 0 Å². The summed E-state index contributed by atoms with van der Waals surface area (Å²) in [6.07, 6.45) is 0. The molecule has 4 heteroatoms. The molecule has 4 nitrogen and oxygen atoms in total. The zero-order valence-corrected chi connectivity index (χ0v) is 7.99. The topological polar surface area (TPSA) is 58.7 Å². The van der Waals surface area contributed by atoms with Crippen LogP contribution in [0.25, 0.3) is 0 Å². The van der Waals surface area contributed by atoms with Gasteiger partial charge in [-0.25, -0.2) is 0 Å². The zero-order valence-electron chi connectivity index (χ0n) is 7.99. The molecule has 3 N–H and O–H groups in total. The van der Waals surface area contributed by atoms with E-state index in [1.165, 1.54) is 0 Å². The Morgan fingerprint density at radius 1 is 1.50 bits per heavy atom. The second-order valence-corrected chi connectivity index (χ2v) is 2.90. The van der Waals surface area contributed by atoms with Gasteiger partial charge in [-0.3, -0.25) is 0 Å². The number of aliphatic hydroxyl groups excluding tert-OH is 1. The molecule has 0 heterocycles. The summed E-state index contributed by atoms with van der Waals surface area (Å²) >= 11 is 0. The molecule has 0 amide bonds. The van der Waals surface area contributed by atoms with E-state index in [4.69, 9.17) is 15.6 Å². The molecular formula is C8H20N2O2. The third kappa shape index (κ3) is 5.49. The zero-order chi connectivity index (χ0) is 9.40. The van der Waals surface area contributed by atoms with E-state index < -0.39 is 0 Å². The highest BCUT2D eigenvalue weighted by Gasteiger charge is 2.05. The van der Waals surface area contributed by atoms with Crippen LogP contribution in [0, 0.1) is 0 Å². The molecule has 0 aromatic rings. The number of likely N-dealkylation sites (N-methyl/N-ethyl adjacent to an activating group) is 1. The lowest BCUT2D eigenvalue weighted by Gasteiger charge is -2.22. The predicted molar refractivity (Wildman–Crippen MR) is 49.1 cm³/mol. The van der Waals surface area contributed by atoms with Crippen molar-refractivity contribution in [1.82, 2.24) is 4.90 Å². The Kier molecular flexibility index (Phi) is 7.39. The largest absolute Gasteiger partial charge is 0.394 e. The SMILES string of the molecule is CC(CN)N(C)CCOCCO. The first-order valence-electron chi connectivity index (χ1n) is 4.31. The van der Waals surface area contributed by atoms with Crippen molar-refractivity contribution in [2.75, 3.05) is 40.0 Å². The molecule has 0 aliphatic carbocycles. The van der Waals surface area contributed by atoms with Crippen LogP contribution < -0.4 is 5.73 Å². The molecule has 1 unspecified atom stereocenters. The summed E-state index contributed by atoms with van der Waals surface area (Å²) in [5.74, 6) is 0. The molecular weight excluding hydrogens is 156 g/mol. The van der Waals surface area contributed by atoms with Crippen LogP contribution in [0.4, 0.5) is 0 Å². The molecule has 0 saturated carbocycles. The fourth-order valence-corrected chi connectivity index (χ4v) is 0.775. The Hall–Kier alpha value is -0.160. The minimum atomic E-state index is 0.0934. The normalized spacial score (nSPS) is 13.8. The highest BCUT2D eigenvalue weighted by atomic mass is 16.5. The molecule has 0 fully saturated rings. The first-order chi connectivity index (χ1) is 5.72. The molecule has 12 heavy (non-hydrogen) atoms. The van der Waals surface area contributed by atoms with E-state index in [0.717, 1.165) is 6.54 Å². The molecule has 0 saturated heterocycles. The summed E-state index contributed by atoms with van der Waals surface area (Å²) in [6, 6.07) is 0.391. The minimum absolute atomic E-state index is 0.0934. The number of aliphatic hydroxyl groups is 1. The summed E-state index contributed by atoms with van der Waals surface area (Å²) in [4.78, 5) is 2.14. The van der Waals surface area contributed by atoms with Gasteiger partial charge in [-0.2, -0.15) is 0 Å². The molecule has 0 bridgehead atoms. The number of nitrogens with zero attached hydrogens (tertiary/aromatic N) is 1. The van der Waals surface area contributed by atoms with Crippen molar-refractivity contribution in [1.29, 1.82) is 0 Å². The van der Waals surface area contributed by atoms with Gasteiger partial charge in [0.05, 0.1) is 19.8 Å². The standard InChI is InChI=1S/C8H20N2O2/c1-8(7-9)10(2)3-5-12-6-4-11/h8,11H,3-7,9H2,1-2H3. The molecule has 0 aliphatic rings. The van der Waals surface area contributed by atoms with Gasteiger partial charge in [0.25, 0.3) is 0 Å². The molecule has 0 rings (SSSR count). The van der Waals surface area contributed by atoms with Gasteiger partial charge in [-0.1, -0.05) is 0 Å².